The van der Waals surface area contributed by atoms with Gasteiger partial charge in [0.1, 0.15) is 7.85 Å². The monoisotopic (exact) mass is 74.0 g/mol. The zero-order chi connectivity index (χ0) is 3.58. The molecule has 0 rings (SSSR count). The average molecular weight is 73.9 g/mol. The fraction of sp³-hybridized carbons (Fsp3) is 1.00. The van der Waals surface area contributed by atoms with Crippen molar-refractivity contribution in [3.63, 3.8) is 0 Å². The maximum Gasteiger partial charge on any atom is 0.110 e. The van der Waals surface area contributed by atoms with Crippen LogP contribution >= 0.6 is 9.24 Å². The maximum atomic E-state index is 2.66. The lowest BCUT2D eigenvalue weighted by Crippen LogP contribution is -1.80. The van der Waals surface area contributed by atoms with Crippen LogP contribution in [0, 0.1) is 0 Å². The summed E-state index contributed by atoms with van der Waals surface area (Å²) < 4.78 is 0. The fourth-order valence-electron chi connectivity index (χ4n) is 0. The van der Waals surface area contributed by atoms with Crippen molar-refractivity contribution >= 4 is 17.1 Å². The van der Waals surface area contributed by atoms with Crippen LogP contribution in [0.2, 0.25) is 0 Å². The molecule has 0 aromatic carbocycles. The van der Waals surface area contributed by atoms with E-state index in [0.29, 0.717) is 0 Å². The van der Waals surface area contributed by atoms with Gasteiger partial charge in [0.15, 0.2) is 0 Å². The molecule has 0 fully saturated rings. The Morgan fingerprint density at radius 3 is 2.00 bits per heavy atom. The average Bonchev–Trinajstić information content (AvgIpc) is 0.811. The quantitative estimate of drug-likeness (QED) is 0.276. The fourth-order valence-corrected chi connectivity index (χ4v) is 0. The molecule has 0 aliphatic rings. The van der Waals surface area contributed by atoms with E-state index in [1.54, 1.807) is 0 Å². The minimum atomic E-state index is 0.750. The predicted molar refractivity (Wildman–Crippen MR) is 27.7 cm³/mol. The summed E-state index contributed by atoms with van der Waals surface area (Å²) in [6, 6.07) is 0. The summed E-state index contributed by atoms with van der Waals surface area (Å²) in [4.78, 5) is 0. The molecule has 0 saturated heterocycles. The zero-order valence-corrected chi connectivity index (χ0v) is 4.31. The van der Waals surface area contributed by atoms with Crippen molar-refractivity contribution in [2.75, 3.05) is 0 Å². The van der Waals surface area contributed by atoms with Gasteiger partial charge in [-0.05, 0) is 0 Å². The van der Waals surface area contributed by atoms with E-state index in [9.17, 15) is 0 Å². The highest BCUT2D eigenvalue weighted by atomic mass is 31.0. The number of rotatable bonds is 0. The molecule has 0 N–H and O–H groups in total. The van der Waals surface area contributed by atoms with E-state index in [1.165, 1.54) is 0 Å². The maximum absolute atomic E-state index is 2.66. The van der Waals surface area contributed by atoms with Gasteiger partial charge in [-0.25, -0.2) is 0 Å². The molecule has 4 heavy (non-hydrogen) atoms. The standard InChI is InChI=1S/C2H8BP/c1-2(3)4/h2H,3-4H2,1H3. The molecule has 0 saturated carbocycles. The highest BCUT2D eigenvalue weighted by Crippen LogP contribution is 1.85. The summed E-state index contributed by atoms with van der Waals surface area (Å²) in [5, 5.41) is 0. The van der Waals surface area contributed by atoms with Crippen LogP contribution in [0.25, 0.3) is 0 Å². The van der Waals surface area contributed by atoms with Crippen LogP contribution in [0.5, 0.6) is 0 Å². The Hall–Kier alpha value is 0.495. The van der Waals surface area contributed by atoms with Crippen molar-refractivity contribution in [2.45, 2.75) is 12.5 Å². The van der Waals surface area contributed by atoms with Crippen LogP contribution < -0.4 is 0 Å². The van der Waals surface area contributed by atoms with Crippen molar-refractivity contribution in [1.82, 2.24) is 0 Å². The van der Waals surface area contributed by atoms with Gasteiger partial charge in [0.25, 0.3) is 0 Å². The molecule has 24 valence electrons. The normalized spacial score (nSPS) is 15.5. The summed E-state index contributed by atoms with van der Waals surface area (Å²) in [7, 11) is 4.79. The minimum absolute atomic E-state index is 0.750. The van der Waals surface area contributed by atoms with Crippen molar-refractivity contribution in [2.24, 2.45) is 0 Å². The first-order chi connectivity index (χ1) is 1.73. The summed E-state index contributed by atoms with van der Waals surface area (Å²) in [5.41, 5.74) is 0.750. The topological polar surface area (TPSA) is 0 Å². The molecule has 0 spiro atoms. The van der Waals surface area contributed by atoms with Crippen LogP contribution in [0.3, 0.4) is 0 Å². The largest absolute Gasteiger partial charge is 0.143 e. The second-order valence-electron chi connectivity index (χ2n) is 1.24. The van der Waals surface area contributed by atoms with Gasteiger partial charge >= 0.3 is 0 Å². The van der Waals surface area contributed by atoms with Crippen molar-refractivity contribution in [3.05, 3.63) is 0 Å². The van der Waals surface area contributed by atoms with Crippen molar-refractivity contribution in [1.29, 1.82) is 0 Å². The lowest BCUT2D eigenvalue weighted by atomic mass is 10.1. The Kier molecular flexibility index (Phi) is 2.00. The third-order valence-corrected chi connectivity index (χ3v) is 0. The molecule has 0 bridgehead atoms. The molecule has 0 nitrogen and oxygen atoms in total. The van der Waals surface area contributed by atoms with E-state index < -0.39 is 0 Å². The Morgan fingerprint density at radius 1 is 2.00 bits per heavy atom. The van der Waals surface area contributed by atoms with Gasteiger partial charge in [0.05, 0.1) is 0 Å². The van der Waals surface area contributed by atoms with Gasteiger partial charge < -0.3 is 0 Å². The number of hydrogen-bond donors (Lipinski definition) is 0. The third kappa shape index (κ3) is 22.8. The van der Waals surface area contributed by atoms with Gasteiger partial charge in [-0.1, -0.05) is 12.5 Å². The molecule has 2 unspecified atom stereocenters. The van der Waals surface area contributed by atoms with Crippen molar-refractivity contribution in [3.8, 4) is 0 Å². The lowest BCUT2D eigenvalue weighted by Gasteiger charge is -1.78. The first-order valence-corrected chi connectivity index (χ1v) is 2.15. The molecule has 0 aromatic heterocycles. The Balaban J connectivity index is 2.32. The highest BCUT2D eigenvalue weighted by molar-refractivity contribution is 7.20. The van der Waals surface area contributed by atoms with Gasteiger partial charge in [-0.3, -0.25) is 0 Å². The molecule has 0 aliphatic heterocycles. The molecule has 0 radical (unpaired) electrons. The summed E-state index contributed by atoms with van der Waals surface area (Å²) in [5.74, 6) is 0. The Labute approximate surface area is 30.6 Å². The van der Waals surface area contributed by atoms with Gasteiger partial charge in [-0.15, -0.1) is 9.24 Å². The Bertz CT molecular complexity index is 10.8. The molecule has 2 heteroatoms. The lowest BCUT2D eigenvalue weighted by molar-refractivity contribution is 1.41. The molecule has 0 amide bonds. The van der Waals surface area contributed by atoms with E-state index in [2.05, 4.69) is 24.0 Å². The zero-order valence-electron chi connectivity index (χ0n) is 3.15. The smallest absolute Gasteiger partial charge is 0.110 e. The Morgan fingerprint density at radius 2 is 2.00 bits per heavy atom. The van der Waals surface area contributed by atoms with Gasteiger partial charge in [0, 0.05) is 0 Å². The van der Waals surface area contributed by atoms with Crippen LogP contribution in [0.15, 0.2) is 0 Å². The van der Waals surface area contributed by atoms with Gasteiger partial charge in [0.2, 0.25) is 0 Å². The van der Waals surface area contributed by atoms with E-state index in [0.717, 1.165) is 5.56 Å². The predicted octanol–water partition coefficient (Wildman–Crippen LogP) is -0.159. The third-order valence-electron chi connectivity index (χ3n) is 0. The molecule has 0 aromatic rings. The first-order valence-electron chi connectivity index (χ1n) is 1.49. The first kappa shape index (κ1) is 4.49. The molecular formula is C2H8BP. The van der Waals surface area contributed by atoms with Gasteiger partial charge in [-0.2, -0.15) is 0 Å². The summed E-state index contributed by atoms with van der Waals surface area (Å²) >= 11 is 0. The summed E-state index contributed by atoms with van der Waals surface area (Å²) in [6.07, 6.45) is 0. The second-order valence-corrected chi connectivity index (χ2v) is 2.58. The minimum Gasteiger partial charge on any atom is -0.143 e. The van der Waals surface area contributed by atoms with E-state index in [1.807, 2.05) is 0 Å². The summed E-state index contributed by atoms with van der Waals surface area (Å²) in [6.45, 7) is 2.13. The highest BCUT2D eigenvalue weighted by Gasteiger charge is 1.69. The molecule has 0 heterocycles. The molecule has 2 atom stereocenters. The second kappa shape index (κ2) is 1.78. The van der Waals surface area contributed by atoms with E-state index in [-0.39, 0.29) is 0 Å². The van der Waals surface area contributed by atoms with Crippen LogP contribution in [-0.2, 0) is 0 Å². The molecule has 0 aliphatic carbocycles. The van der Waals surface area contributed by atoms with Crippen LogP contribution in [0.4, 0.5) is 0 Å². The number of hydrogen-bond acceptors (Lipinski definition) is 0. The van der Waals surface area contributed by atoms with Crippen molar-refractivity contribution < 1.29 is 0 Å². The SMILES string of the molecule is BC(C)P. The van der Waals surface area contributed by atoms with E-state index >= 15 is 0 Å². The molecular weight excluding hydrogens is 65.8 g/mol. The van der Waals surface area contributed by atoms with Crippen LogP contribution in [-0.4, -0.2) is 13.4 Å². The van der Waals surface area contributed by atoms with E-state index in [4.69, 9.17) is 0 Å². The van der Waals surface area contributed by atoms with Crippen LogP contribution in [0.1, 0.15) is 6.92 Å².